The van der Waals surface area contributed by atoms with E-state index in [9.17, 15) is 14.0 Å². The maximum Gasteiger partial charge on any atom is 0.295 e. The van der Waals surface area contributed by atoms with Crippen LogP contribution < -0.4 is 15.8 Å². The molecule has 0 aliphatic carbocycles. The van der Waals surface area contributed by atoms with E-state index < -0.39 is 0 Å². The number of aryl methyl sites for hydroxylation is 2. The predicted molar refractivity (Wildman–Crippen MR) is 139 cm³/mol. The molecule has 1 atom stereocenters. The summed E-state index contributed by atoms with van der Waals surface area (Å²) < 4.78 is 15.6. The Kier molecular flexibility index (Phi) is 6.50. The molecule has 2 aromatic heterocycles. The number of aromatic nitrogens is 3. The number of anilines is 2. The molecule has 7 nitrogen and oxygen atoms in total. The van der Waals surface area contributed by atoms with Gasteiger partial charge in [-0.2, -0.15) is 0 Å². The number of pyridine rings is 1. The minimum atomic E-state index is -0.360. The topological polar surface area (TPSA) is 80.1 Å². The average molecular weight is 486 g/mol. The first-order chi connectivity index (χ1) is 17.4. The van der Waals surface area contributed by atoms with Crippen molar-refractivity contribution < 1.29 is 9.18 Å². The van der Waals surface area contributed by atoms with Crippen LogP contribution in [0, 0.1) is 25.6 Å². The van der Waals surface area contributed by atoms with Crippen LogP contribution in [0.4, 0.5) is 15.9 Å². The lowest BCUT2D eigenvalue weighted by Crippen LogP contribution is -2.44. The van der Waals surface area contributed by atoms with Crippen LogP contribution in [0.1, 0.15) is 29.5 Å². The van der Waals surface area contributed by atoms with Crippen molar-refractivity contribution in [1.82, 2.24) is 14.5 Å². The van der Waals surface area contributed by atoms with Gasteiger partial charge in [-0.3, -0.25) is 14.2 Å². The van der Waals surface area contributed by atoms with E-state index in [1.807, 2.05) is 42.2 Å². The van der Waals surface area contributed by atoms with Crippen LogP contribution in [0.25, 0.3) is 11.2 Å². The third-order valence-corrected chi connectivity index (χ3v) is 6.68. The largest absolute Gasteiger partial charge is 0.351 e. The van der Waals surface area contributed by atoms with Crippen molar-refractivity contribution in [3.05, 3.63) is 93.7 Å². The molecule has 0 spiro atoms. The van der Waals surface area contributed by atoms with Gasteiger partial charge in [-0.1, -0.05) is 35.9 Å². The number of piperidine rings is 1. The van der Waals surface area contributed by atoms with E-state index in [0.717, 1.165) is 17.5 Å². The second kappa shape index (κ2) is 9.89. The van der Waals surface area contributed by atoms with Crippen molar-refractivity contribution in [2.24, 2.45) is 5.92 Å². The normalized spacial score (nSPS) is 15.8. The Hall–Kier alpha value is -4.07. The van der Waals surface area contributed by atoms with E-state index in [1.165, 1.54) is 6.07 Å². The van der Waals surface area contributed by atoms with Gasteiger partial charge in [0.05, 0.1) is 12.5 Å². The summed E-state index contributed by atoms with van der Waals surface area (Å²) in [6.07, 6.45) is 3.08. The molecule has 36 heavy (non-hydrogen) atoms. The van der Waals surface area contributed by atoms with Gasteiger partial charge in [0.15, 0.2) is 11.5 Å². The molecule has 1 N–H and O–H groups in total. The lowest BCUT2D eigenvalue weighted by atomic mass is 9.97. The van der Waals surface area contributed by atoms with Gasteiger partial charge in [-0.15, -0.1) is 0 Å². The van der Waals surface area contributed by atoms with Crippen LogP contribution in [0.2, 0.25) is 0 Å². The van der Waals surface area contributed by atoms with E-state index in [-0.39, 0.29) is 23.2 Å². The minimum absolute atomic E-state index is 0.189. The lowest BCUT2D eigenvalue weighted by molar-refractivity contribution is -0.120. The number of nitrogens with one attached hydrogen (secondary N) is 1. The highest BCUT2D eigenvalue weighted by atomic mass is 19.1. The second-order valence-electron chi connectivity index (χ2n) is 9.40. The molecule has 5 rings (SSSR count). The van der Waals surface area contributed by atoms with Crippen LogP contribution in [0.5, 0.6) is 0 Å². The first-order valence-electron chi connectivity index (χ1n) is 12.1. The molecule has 8 heteroatoms. The number of carbonyl (C=O) groups is 1. The van der Waals surface area contributed by atoms with Gasteiger partial charge < -0.3 is 10.2 Å². The summed E-state index contributed by atoms with van der Waals surface area (Å²) in [5.74, 6) is -0.576. The molecule has 0 bridgehead atoms. The Morgan fingerprint density at radius 3 is 2.72 bits per heavy atom. The maximum atomic E-state index is 13.9. The first-order valence-corrected chi connectivity index (χ1v) is 12.1. The molecule has 3 heterocycles. The van der Waals surface area contributed by atoms with Gasteiger partial charge >= 0.3 is 0 Å². The van der Waals surface area contributed by atoms with Crippen molar-refractivity contribution >= 4 is 28.6 Å². The molecule has 0 radical (unpaired) electrons. The minimum Gasteiger partial charge on any atom is -0.351 e. The van der Waals surface area contributed by atoms with E-state index in [2.05, 4.69) is 15.3 Å². The smallest absolute Gasteiger partial charge is 0.295 e. The van der Waals surface area contributed by atoms with Gasteiger partial charge in [0.1, 0.15) is 11.3 Å². The molecule has 1 aliphatic rings. The van der Waals surface area contributed by atoms with Crippen LogP contribution in [-0.4, -0.2) is 33.5 Å². The number of carbonyl (C=O) groups excluding carboxylic acids is 1. The Labute approximate surface area is 208 Å². The van der Waals surface area contributed by atoms with Gasteiger partial charge in [0, 0.05) is 25.0 Å². The zero-order valence-corrected chi connectivity index (χ0v) is 20.4. The van der Waals surface area contributed by atoms with Crippen LogP contribution in [0.15, 0.2) is 65.6 Å². The van der Waals surface area contributed by atoms with Crippen molar-refractivity contribution in [2.75, 3.05) is 23.3 Å². The zero-order chi connectivity index (χ0) is 25.2. The number of nitrogens with zero attached hydrogens (tertiary/aromatic N) is 4. The Balaban J connectivity index is 1.43. The average Bonchev–Trinajstić information content (AvgIpc) is 2.89. The van der Waals surface area contributed by atoms with E-state index in [4.69, 9.17) is 0 Å². The fourth-order valence-corrected chi connectivity index (χ4v) is 4.59. The molecule has 0 saturated carbocycles. The number of amides is 1. The number of fused-ring (bicyclic) bond motifs is 1. The van der Waals surface area contributed by atoms with Gasteiger partial charge in [-0.25, -0.2) is 14.4 Å². The van der Waals surface area contributed by atoms with E-state index in [0.29, 0.717) is 54.3 Å². The monoisotopic (exact) mass is 485 g/mol. The van der Waals surface area contributed by atoms with Crippen LogP contribution in [0.3, 0.4) is 0 Å². The quantitative estimate of drug-likeness (QED) is 0.452. The summed E-state index contributed by atoms with van der Waals surface area (Å²) >= 11 is 0. The van der Waals surface area contributed by atoms with E-state index in [1.54, 1.807) is 35.9 Å². The highest BCUT2D eigenvalue weighted by Crippen LogP contribution is 2.23. The van der Waals surface area contributed by atoms with Crippen LogP contribution >= 0.6 is 0 Å². The predicted octanol–water partition coefficient (Wildman–Crippen LogP) is 4.45. The third-order valence-electron chi connectivity index (χ3n) is 6.68. The zero-order valence-electron chi connectivity index (χ0n) is 20.4. The first kappa shape index (κ1) is 23.7. The van der Waals surface area contributed by atoms with Gasteiger partial charge in [0.2, 0.25) is 5.91 Å². The summed E-state index contributed by atoms with van der Waals surface area (Å²) in [4.78, 5) is 37.7. The molecule has 1 amide bonds. The number of hydrogen-bond donors (Lipinski definition) is 1. The maximum absolute atomic E-state index is 13.9. The van der Waals surface area contributed by atoms with Crippen molar-refractivity contribution in [3.8, 4) is 0 Å². The van der Waals surface area contributed by atoms with Gasteiger partial charge in [-0.05, 0) is 62.1 Å². The van der Waals surface area contributed by atoms with Crippen molar-refractivity contribution in [3.63, 3.8) is 0 Å². The molecule has 1 aliphatic heterocycles. The molecule has 0 unspecified atom stereocenters. The van der Waals surface area contributed by atoms with Gasteiger partial charge in [0.25, 0.3) is 5.56 Å². The fourth-order valence-electron chi connectivity index (χ4n) is 4.59. The molecule has 4 aromatic rings. The summed E-state index contributed by atoms with van der Waals surface area (Å²) in [5.41, 5.74) is 4.01. The summed E-state index contributed by atoms with van der Waals surface area (Å²) in [6, 6.07) is 16.4. The number of halogens is 1. The van der Waals surface area contributed by atoms with Crippen LogP contribution in [-0.2, 0) is 11.3 Å². The molecule has 1 saturated heterocycles. The van der Waals surface area contributed by atoms with Crippen molar-refractivity contribution in [2.45, 2.75) is 33.2 Å². The highest BCUT2D eigenvalue weighted by molar-refractivity contribution is 5.93. The molecular formula is C28H28FN5O2. The summed E-state index contributed by atoms with van der Waals surface area (Å²) in [5, 5.41) is 2.83. The number of rotatable bonds is 5. The molecule has 184 valence electrons. The summed E-state index contributed by atoms with van der Waals surface area (Å²) in [6.45, 7) is 5.06. The lowest BCUT2D eigenvalue weighted by Gasteiger charge is -2.32. The molecule has 1 fully saturated rings. The standard InChI is InChI=1S/C28H28FN5O2/c1-18-7-10-20(11-8-18)16-34-25-24(6-3-13-30-25)32-26(28(34)36)33-14-4-5-21(17-33)27(35)31-22-12-9-19(2)23(29)15-22/h3,6-13,15,21H,4-5,14,16-17H2,1-2H3,(H,31,35)/t21-/m1/s1. The van der Waals surface area contributed by atoms with E-state index >= 15 is 0 Å². The number of hydrogen-bond acceptors (Lipinski definition) is 5. The SMILES string of the molecule is Cc1ccc(Cn2c(=O)c(N3CCC[C@@H](C(=O)Nc4ccc(C)c(F)c4)C3)nc3cccnc32)cc1. The third kappa shape index (κ3) is 4.84. The number of benzene rings is 2. The van der Waals surface area contributed by atoms with Crippen molar-refractivity contribution in [1.29, 1.82) is 0 Å². The molecular weight excluding hydrogens is 457 g/mol. The fraction of sp³-hybridized carbons (Fsp3) is 0.286. The summed E-state index contributed by atoms with van der Waals surface area (Å²) in [7, 11) is 0. The Morgan fingerprint density at radius 2 is 1.94 bits per heavy atom. The highest BCUT2D eigenvalue weighted by Gasteiger charge is 2.29. The Bertz CT molecular complexity index is 1480. The second-order valence-corrected chi connectivity index (χ2v) is 9.40. The Morgan fingerprint density at radius 1 is 1.14 bits per heavy atom. The molecule has 2 aromatic carbocycles.